The highest BCUT2D eigenvalue weighted by molar-refractivity contribution is 5.96. The van der Waals surface area contributed by atoms with Crippen LogP contribution < -0.4 is 10.9 Å². The molecule has 2 atom stereocenters. The van der Waals surface area contributed by atoms with E-state index in [1.54, 1.807) is 7.05 Å². The molecule has 0 spiro atoms. The van der Waals surface area contributed by atoms with Gasteiger partial charge in [0, 0.05) is 26.1 Å². The Morgan fingerprint density at radius 2 is 2.13 bits per heavy atom. The number of likely N-dealkylation sites (tertiary alicyclic amines) is 1. The number of benzene rings is 1. The van der Waals surface area contributed by atoms with Crippen LogP contribution in [0.4, 0.5) is 0 Å². The second kappa shape index (κ2) is 9.30. The summed E-state index contributed by atoms with van der Waals surface area (Å²) in [7, 11) is 1.59. The number of carbonyl (C=O) groups is 1. The first-order chi connectivity index (χ1) is 15.0. The van der Waals surface area contributed by atoms with Gasteiger partial charge < -0.3 is 20.2 Å². The molecule has 1 aromatic heterocycles. The van der Waals surface area contributed by atoms with Gasteiger partial charge in [-0.05, 0) is 31.4 Å². The third-order valence-corrected chi connectivity index (χ3v) is 5.83. The topological polar surface area (TPSA) is 109 Å². The molecule has 0 saturated carbocycles. The second-order valence-electron chi connectivity index (χ2n) is 8.04. The lowest BCUT2D eigenvalue weighted by Gasteiger charge is -2.33. The van der Waals surface area contributed by atoms with Crippen molar-refractivity contribution in [1.82, 2.24) is 19.8 Å². The van der Waals surface area contributed by atoms with Crippen molar-refractivity contribution in [3.63, 3.8) is 0 Å². The maximum Gasteiger partial charge on any atom is 0.296 e. The van der Waals surface area contributed by atoms with Gasteiger partial charge in [0.1, 0.15) is 18.5 Å². The van der Waals surface area contributed by atoms with Crippen molar-refractivity contribution in [2.24, 2.45) is 12.2 Å². The number of hydrogen-bond donors (Lipinski definition) is 2. The normalized spacial score (nSPS) is 21.1. The molecule has 1 aromatic carbocycles. The summed E-state index contributed by atoms with van der Waals surface area (Å²) in [6.07, 6.45) is 4.27. The van der Waals surface area contributed by atoms with Crippen LogP contribution in [0.3, 0.4) is 0 Å². The number of aromatic nitrogens is 2. The summed E-state index contributed by atoms with van der Waals surface area (Å²) in [5.74, 6) is -0.731. The summed E-state index contributed by atoms with van der Waals surface area (Å²) < 4.78 is 1.36. The molecule has 1 amide bonds. The lowest BCUT2D eigenvalue weighted by molar-refractivity contribution is 0.0914. The monoisotopic (exact) mass is 425 g/mol. The van der Waals surface area contributed by atoms with E-state index in [4.69, 9.17) is 4.84 Å². The van der Waals surface area contributed by atoms with Gasteiger partial charge in [0.05, 0.1) is 6.21 Å². The lowest BCUT2D eigenvalue weighted by Crippen LogP contribution is -2.40. The van der Waals surface area contributed by atoms with Crippen molar-refractivity contribution in [3.05, 3.63) is 57.8 Å². The van der Waals surface area contributed by atoms with Crippen molar-refractivity contribution in [3.8, 4) is 5.75 Å². The minimum atomic E-state index is -0.642. The van der Waals surface area contributed by atoms with Crippen LogP contribution in [-0.4, -0.2) is 64.0 Å². The molecule has 31 heavy (non-hydrogen) atoms. The van der Waals surface area contributed by atoms with Gasteiger partial charge in [-0.2, -0.15) is 0 Å². The smallest absolute Gasteiger partial charge is 0.296 e. The molecule has 1 saturated heterocycles. The highest BCUT2D eigenvalue weighted by Crippen LogP contribution is 2.26. The number of nitrogens with zero attached hydrogens (tertiary/aromatic N) is 4. The maximum atomic E-state index is 12.6. The van der Waals surface area contributed by atoms with Crippen LogP contribution in [-0.2, 0) is 18.3 Å². The molecule has 9 nitrogen and oxygen atoms in total. The first kappa shape index (κ1) is 21.0. The Hall–Kier alpha value is -3.20. The molecular formula is C22H27N5O4. The summed E-state index contributed by atoms with van der Waals surface area (Å²) in [6, 6.07) is 9.93. The fraction of sp³-hybridized carbons (Fsp3) is 0.455. The largest absolute Gasteiger partial charge is 0.501 e. The zero-order valence-electron chi connectivity index (χ0n) is 17.5. The summed E-state index contributed by atoms with van der Waals surface area (Å²) in [5.41, 5.74) is 0.422. The van der Waals surface area contributed by atoms with Crippen molar-refractivity contribution in [2.45, 2.75) is 31.2 Å². The van der Waals surface area contributed by atoms with Crippen molar-refractivity contribution >= 4 is 12.1 Å². The van der Waals surface area contributed by atoms with Crippen molar-refractivity contribution in [2.75, 3.05) is 26.2 Å². The molecule has 0 bridgehead atoms. The average Bonchev–Trinajstić information content (AvgIpc) is 3.30. The molecule has 9 heteroatoms. The summed E-state index contributed by atoms with van der Waals surface area (Å²) in [6.45, 7) is 2.87. The Balaban J connectivity index is 1.50. The number of piperidine rings is 1. The van der Waals surface area contributed by atoms with Crippen LogP contribution in [0.15, 0.2) is 40.3 Å². The fourth-order valence-corrected chi connectivity index (χ4v) is 4.13. The highest BCUT2D eigenvalue weighted by atomic mass is 16.6. The van der Waals surface area contributed by atoms with Gasteiger partial charge in [0.15, 0.2) is 5.69 Å². The van der Waals surface area contributed by atoms with Crippen LogP contribution in [0.25, 0.3) is 0 Å². The predicted octanol–water partition coefficient (Wildman–Crippen LogP) is 1.02. The summed E-state index contributed by atoms with van der Waals surface area (Å²) >= 11 is 0. The first-order valence-corrected chi connectivity index (χ1v) is 10.6. The van der Waals surface area contributed by atoms with E-state index in [0.717, 1.165) is 38.9 Å². The van der Waals surface area contributed by atoms with E-state index >= 15 is 0 Å². The minimum absolute atomic E-state index is 0.00532. The van der Waals surface area contributed by atoms with Gasteiger partial charge >= 0.3 is 0 Å². The summed E-state index contributed by atoms with van der Waals surface area (Å²) in [5, 5.41) is 16.6. The van der Waals surface area contributed by atoms with E-state index in [1.807, 2.05) is 18.2 Å². The Morgan fingerprint density at radius 3 is 2.87 bits per heavy atom. The Kier molecular flexibility index (Phi) is 6.31. The summed E-state index contributed by atoms with van der Waals surface area (Å²) in [4.78, 5) is 36.9. The van der Waals surface area contributed by atoms with Gasteiger partial charge in [-0.25, -0.2) is 4.98 Å². The molecule has 164 valence electrons. The molecule has 0 aliphatic carbocycles. The maximum absolute atomic E-state index is 12.6. The molecule has 4 rings (SSSR count). The fourth-order valence-electron chi connectivity index (χ4n) is 4.13. The van der Waals surface area contributed by atoms with E-state index in [1.165, 1.54) is 16.3 Å². The molecule has 2 aliphatic heterocycles. The number of oxime groups is 1. The van der Waals surface area contributed by atoms with E-state index in [9.17, 15) is 14.7 Å². The molecule has 0 radical (unpaired) electrons. The molecule has 2 unspecified atom stereocenters. The molecule has 2 N–H and O–H groups in total. The second-order valence-corrected chi connectivity index (χ2v) is 8.04. The average molecular weight is 425 g/mol. The Morgan fingerprint density at radius 1 is 1.32 bits per heavy atom. The van der Waals surface area contributed by atoms with Gasteiger partial charge in [-0.15, -0.1) is 0 Å². The van der Waals surface area contributed by atoms with E-state index in [0.29, 0.717) is 5.82 Å². The van der Waals surface area contributed by atoms with Crippen LogP contribution >= 0.6 is 0 Å². The van der Waals surface area contributed by atoms with E-state index < -0.39 is 23.3 Å². The zero-order valence-corrected chi connectivity index (χ0v) is 17.5. The highest BCUT2D eigenvalue weighted by Gasteiger charge is 2.29. The van der Waals surface area contributed by atoms with Crippen LogP contribution in [0, 0.1) is 0 Å². The number of amides is 1. The van der Waals surface area contributed by atoms with Crippen molar-refractivity contribution in [1.29, 1.82) is 0 Å². The third-order valence-electron chi connectivity index (χ3n) is 5.83. The SMILES string of the molecule is Cn1c(C2CCCN(CCc3ccccc3)C2)nc(C(=O)NC2C=NOC2)c(O)c1=O. The van der Waals surface area contributed by atoms with Crippen LogP contribution in [0.5, 0.6) is 5.75 Å². The zero-order chi connectivity index (χ0) is 21.8. The number of rotatable bonds is 6. The number of hydrogen-bond acceptors (Lipinski definition) is 7. The molecule has 1 fully saturated rings. The van der Waals surface area contributed by atoms with E-state index in [2.05, 4.69) is 32.5 Å². The van der Waals surface area contributed by atoms with E-state index in [-0.39, 0.29) is 18.2 Å². The molecule has 2 aliphatic rings. The van der Waals surface area contributed by atoms with Gasteiger partial charge in [-0.1, -0.05) is 35.5 Å². The quantitative estimate of drug-likeness (QED) is 0.715. The molecular weight excluding hydrogens is 398 g/mol. The predicted molar refractivity (Wildman–Crippen MR) is 115 cm³/mol. The van der Waals surface area contributed by atoms with Crippen LogP contribution in [0.2, 0.25) is 0 Å². The lowest BCUT2D eigenvalue weighted by atomic mass is 9.96. The third kappa shape index (κ3) is 4.77. The first-order valence-electron chi connectivity index (χ1n) is 10.6. The minimum Gasteiger partial charge on any atom is -0.501 e. The number of aromatic hydroxyl groups is 1. The van der Waals surface area contributed by atoms with Gasteiger partial charge in [0.2, 0.25) is 5.75 Å². The Bertz CT molecular complexity index is 1020. The number of nitrogens with one attached hydrogen (secondary N) is 1. The molecule has 3 heterocycles. The number of carbonyl (C=O) groups excluding carboxylic acids is 1. The van der Waals surface area contributed by atoms with Crippen LogP contribution in [0.1, 0.15) is 40.6 Å². The van der Waals surface area contributed by atoms with Gasteiger partial charge in [0.25, 0.3) is 11.5 Å². The van der Waals surface area contributed by atoms with Crippen molar-refractivity contribution < 1.29 is 14.7 Å². The van der Waals surface area contributed by atoms with Gasteiger partial charge in [-0.3, -0.25) is 14.2 Å². The molecule has 2 aromatic rings. The Labute approximate surface area is 180 Å². The standard InChI is InChI=1S/C22H27N5O4/c1-26-20(16-8-5-10-27(13-16)11-9-15-6-3-2-4-7-15)25-18(19(28)22(26)30)21(29)24-17-12-23-31-14-17/h2-4,6-7,12,16-17,28H,5,8-11,13-14H2,1H3,(H,24,29).